The zero-order valence-corrected chi connectivity index (χ0v) is 14.5. The fourth-order valence-electron chi connectivity index (χ4n) is 2.55. The third-order valence-electron chi connectivity index (χ3n) is 3.74. The number of hydrogen-bond donors (Lipinski definition) is 1. The maximum atomic E-state index is 13.5. The predicted molar refractivity (Wildman–Crippen MR) is 95.6 cm³/mol. The van der Waals surface area contributed by atoms with E-state index in [1.165, 1.54) is 12.1 Å². The summed E-state index contributed by atoms with van der Waals surface area (Å²) in [5.41, 5.74) is 7.70. The molecule has 2 N–H and O–H groups in total. The second-order valence-corrected chi connectivity index (χ2v) is 6.54. The highest BCUT2D eigenvalue weighted by atomic mass is 79.9. The lowest BCUT2D eigenvalue weighted by Gasteiger charge is -2.13. The molecule has 0 atom stereocenters. The van der Waals surface area contributed by atoms with Gasteiger partial charge in [0.15, 0.2) is 5.78 Å². The highest BCUT2D eigenvalue weighted by Crippen LogP contribution is 2.35. The van der Waals surface area contributed by atoms with E-state index in [-0.39, 0.29) is 5.78 Å². The van der Waals surface area contributed by atoms with Crippen LogP contribution < -0.4 is 5.73 Å². The molecule has 0 radical (unpaired) electrons. The molecule has 2 nitrogen and oxygen atoms in total. The number of anilines is 1. The van der Waals surface area contributed by atoms with Crippen molar-refractivity contribution in [3.05, 3.63) is 74.5 Å². The zero-order chi connectivity index (χ0) is 16.7. The van der Waals surface area contributed by atoms with Crippen molar-refractivity contribution in [1.82, 2.24) is 0 Å². The molecular weight excluding hydrogens is 381 g/mol. The van der Waals surface area contributed by atoms with Crippen LogP contribution in [0.15, 0.2) is 46.9 Å². The SMILES string of the molecule is Cc1ccc(F)cc1C(=O)c1c(N)cc2ccc(Cl)cc2c1Br. The Hall–Kier alpha value is -1.91. The molecule has 3 aromatic carbocycles. The van der Waals surface area contributed by atoms with Crippen LogP contribution in [0.1, 0.15) is 21.5 Å². The van der Waals surface area contributed by atoms with E-state index in [2.05, 4.69) is 15.9 Å². The Labute approximate surface area is 146 Å². The summed E-state index contributed by atoms with van der Waals surface area (Å²) in [5, 5.41) is 2.21. The number of carbonyl (C=O) groups excluding carboxylic acids is 1. The topological polar surface area (TPSA) is 43.1 Å². The van der Waals surface area contributed by atoms with E-state index in [4.69, 9.17) is 17.3 Å². The molecule has 0 saturated carbocycles. The Morgan fingerprint density at radius 3 is 2.65 bits per heavy atom. The van der Waals surface area contributed by atoms with E-state index in [1.54, 1.807) is 31.2 Å². The summed E-state index contributed by atoms with van der Waals surface area (Å²) in [4.78, 5) is 12.9. The molecule has 0 spiro atoms. The van der Waals surface area contributed by atoms with Crippen molar-refractivity contribution in [2.45, 2.75) is 6.92 Å². The summed E-state index contributed by atoms with van der Waals surface area (Å²) in [6.07, 6.45) is 0. The van der Waals surface area contributed by atoms with Crippen molar-refractivity contribution in [2.75, 3.05) is 5.73 Å². The summed E-state index contributed by atoms with van der Waals surface area (Å²) >= 11 is 9.49. The van der Waals surface area contributed by atoms with Crippen molar-refractivity contribution < 1.29 is 9.18 Å². The van der Waals surface area contributed by atoms with Gasteiger partial charge in [0.1, 0.15) is 5.82 Å². The molecule has 0 aliphatic carbocycles. The lowest BCUT2D eigenvalue weighted by atomic mass is 9.95. The third-order valence-corrected chi connectivity index (χ3v) is 4.80. The summed E-state index contributed by atoms with van der Waals surface area (Å²) in [5.74, 6) is -0.786. The number of rotatable bonds is 2. The molecule has 3 aromatic rings. The number of hydrogen-bond acceptors (Lipinski definition) is 2. The monoisotopic (exact) mass is 391 g/mol. The fraction of sp³-hybridized carbons (Fsp3) is 0.0556. The number of nitrogen functional groups attached to an aromatic ring is 1. The van der Waals surface area contributed by atoms with Crippen LogP contribution in [0.2, 0.25) is 5.02 Å². The average molecular weight is 393 g/mol. The first-order chi connectivity index (χ1) is 10.9. The molecule has 0 aliphatic rings. The Morgan fingerprint density at radius 1 is 1.17 bits per heavy atom. The Morgan fingerprint density at radius 2 is 1.91 bits per heavy atom. The van der Waals surface area contributed by atoms with Crippen LogP contribution in [0.25, 0.3) is 10.8 Å². The van der Waals surface area contributed by atoms with Crippen LogP contribution in [-0.4, -0.2) is 5.78 Å². The molecule has 0 unspecified atom stereocenters. The average Bonchev–Trinajstić information content (AvgIpc) is 2.50. The Balaban J connectivity index is 2.27. The van der Waals surface area contributed by atoms with Gasteiger partial charge in [-0.05, 0) is 69.5 Å². The van der Waals surface area contributed by atoms with E-state index in [1.807, 2.05) is 6.07 Å². The van der Waals surface area contributed by atoms with E-state index in [0.29, 0.717) is 31.9 Å². The normalized spacial score (nSPS) is 11.0. The maximum Gasteiger partial charge on any atom is 0.196 e. The van der Waals surface area contributed by atoms with E-state index in [0.717, 1.165) is 10.8 Å². The first kappa shape index (κ1) is 16.0. The van der Waals surface area contributed by atoms with Gasteiger partial charge in [-0.25, -0.2) is 4.39 Å². The van der Waals surface area contributed by atoms with Gasteiger partial charge in [0.05, 0.1) is 5.56 Å². The number of halogens is 3. The van der Waals surface area contributed by atoms with Crippen molar-refractivity contribution in [2.24, 2.45) is 0 Å². The summed E-state index contributed by atoms with van der Waals surface area (Å²) in [6, 6.07) is 11.2. The molecular formula is C18H12BrClFNO. The number of fused-ring (bicyclic) bond motifs is 1. The fourth-order valence-corrected chi connectivity index (χ4v) is 3.47. The van der Waals surface area contributed by atoms with Gasteiger partial charge in [-0.15, -0.1) is 0 Å². The Kier molecular flexibility index (Phi) is 4.13. The lowest BCUT2D eigenvalue weighted by Crippen LogP contribution is -2.09. The molecule has 5 heteroatoms. The minimum absolute atomic E-state index is 0.291. The molecule has 0 bridgehead atoms. The smallest absolute Gasteiger partial charge is 0.196 e. The highest BCUT2D eigenvalue weighted by Gasteiger charge is 2.20. The molecule has 0 heterocycles. The molecule has 23 heavy (non-hydrogen) atoms. The molecule has 0 fully saturated rings. The van der Waals surface area contributed by atoms with Crippen molar-refractivity contribution >= 4 is 49.8 Å². The van der Waals surface area contributed by atoms with Gasteiger partial charge in [0.25, 0.3) is 0 Å². The predicted octanol–water partition coefficient (Wildman–Crippen LogP) is 5.52. The largest absolute Gasteiger partial charge is 0.398 e. The molecule has 116 valence electrons. The van der Waals surface area contributed by atoms with Gasteiger partial charge < -0.3 is 5.73 Å². The summed E-state index contributed by atoms with van der Waals surface area (Å²) in [6.45, 7) is 1.76. The van der Waals surface area contributed by atoms with Crippen LogP contribution in [0.5, 0.6) is 0 Å². The quantitative estimate of drug-likeness (QED) is 0.461. The van der Waals surface area contributed by atoms with Gasteiger partial charge in [0.2, 0.25) is 0 Å². The molecule has 3 rings (SSSR count). The standard InChI is InChI=1S/C18H12BrClFNO/c1-9-2-5-12(21)8-13(9)18(23)16-15(22)6-10-3-4-11(20)7-14(10)17(16)19/h2-8H,22H2,1H3. The van der Waals surface area contributed by atoms with Crippen LogP contribution in [0.3, 0.4) is 0 Å². The number of ketones is 1. The summed E-state index contributed by atoms with van der Waals surface area (Å²) in [7, 11) is 0. The van der Waals surface area contributed by atoms with Gasteiger partial charge in [0, 0.05) is 20.7 Å². The van der Waals surface area contributed by atoms with Crippen molar-refractivity contribution in [1.29, 1.82) is 0 Å². The van der Waals surface area contributed by atoms with E-state index >= 15 is 0 Å². The highest BCUT2D eigenvalue weighted by molar-refractivity contribution is 9.10. The van der Waals surface area contributed by atoms with Gasteiger partial charge >= 0.3 is 0 Å². The molecule has 0 saturated heterocycles. The number of nitrogens with two attached hydrogens (primary N) is 1. The van der Waals surface area contributed by atoms with Crippen LogP contribution in [0, 0.1) is 12.7 Å². The van der Waals surface area contributed by atoms with E-state index in [9.17, 15) is 9.18 Å². The van der Waals surface area contributed by atoms with Crippen molar-refractivity contribution in [3.63, 3.8) is 0 Å². The maximum absolute atomic E-state index is 13.5. The minimum atomic E-state index is -0.461. The molecule has 0 aromatic heterocycles. The third kappa shape index (κ3) is 2.84. The Bertz CT molecular complexity index is 955. The number of carbonyl (C=O) groups is 1. The minimum Gasteiger partial charge on any atom is -0.398 e. The zero-order valence-electron chi connectivity index (χ0n) is 12.2. The van der Waals surface area contributed by atoms with Gasteiger partial charge in [-0.3, -0.25) is 4.79 Å². The second-order valence-electron chi connectivity index (χ2n) is 5.31. The van der Waals surface area contributed by atoms with Gasteiger partial charge in [-0.1, -0.05) is 23.7 Å². The first-order valence-corrected chi connectivity index (χ1v) is 8.03. The second kappa shape index (κ2) is 5.95. The van der Waals surface area contributed by atoms with Gasteiger partial charge in [-0.2, -0.15) is 0 Å². The van der Waals surface area contributed by atoms with Crippen LogP contribution >= 0.6 is 27.5 Å². The van der Waals surface area contributed by atoms with Crippen LogP contribution in [-0.2, 0) is 0 Å². The molecule has 0 aliphatic heterocycles. The summed E-state index contributed by atoms with van der Waals surface area (Å²) < 4.78 is 14.1. The number of aryl methyl sites for hydroxylation is 1. The van der Waals surface area contributed by atoms with Crippen LogP contribution in [0.4, 0.5) is 10.1 Å². The first-order valence-electron chi connectivity index (χ1n) is 6.86. The molecule has 0 amide bonds. The number of benzene rings is 3. The van der Waals surface area contributed by atoms with Crippen molar-refractivity contribution in [3.8, 4) is 0 Å². The van der Waals surface area contributed by atoms with E-state index < -0.39 is 5.82 Å². The lowest BCUT2D eigenvalue weighted by molar-refractivity contribution is 0.103.